The molecule has 3 atom stereocenters. The molecule has 0 heterocycles. The van der Waals surface area contributed by atoms with Crippen LogP contribution in [0.4, 0.5) is 0 Å². The molecule has 6 heteroatoms. The summed E-state index contributed by atoms with van der Waals surface area (Å²) in [6.07, 6.45) is 56.0. The molecule has 0 bridgehead atoms. The highest BCUT2D eigenvalue weighted by atomic mass is 16.5. The molecular formula is C53H97NO5. The second-order valence-corrected chi connectivity index (χ2v) is 17.2. The average Bonchev–Trinajstić information content (AvgIpc) is 3.23. The van der Waals surface area contributed by atoms with Crippen molar-refractivity contribution in [1.82, 2.24) is 5.32 Å². The van der Waals surface area contributed by atoms with Gasteiger partial charge in [-0.25, -0.2) is 0 Å². The summed E-state index contributed by atoms with van der Waals surface area (Å²) in [5, 5.41) is 23.7. The number of rotatable bonds is 45. The van der Waals surface area contributed by atoms with E-state index in [-0.39, 0.29) is 24.9 Å². The second-order valence-electron chi connectivity index (χ2n) is 17.2. The molecule has 0 aliphatic carbocycles. The molecule has 0 radical (unpaired) electrons. The summed E-state index contributed by atoms with van der Waals surface area (Å²) in [5.41, 5.74) is 0. The molecule has 0 fully saturated rings. The number of carbonyl (C=O) groups is 2. The minimum Gasteiger partial charge on any atom is -0.462 e. The van der Waals surface area contributed by atoms with E-state index < -0.39 is 18.2 Å². The summed E-state index contributed by atoms with van der Waals surface area (Å²) in [7, 11) is 0. The predicted molar refractivity (Wildman–Crippen MR) is 255 cm³/mol. The van der Waals surface area contributed by atoms with E-state index in [9.17, 15) is 19.8 Å². The van der Waals surface area contributed by atoms with Crippen LogP contribution in [0.5, 0.6) is 0 Å². The lowest BCUT2D eigenvalue weighted by atomic mass is 10.0. The molecule has 0 saturated heterocycles. The van der Waals surface area contributed by atoms with Gasteiger partial charge in [0.15, 0.2) is 0 Å². The van der Waals surface area contributed by atoms with Gasteiger partial charge in [0.05, 0.1) is 25.2 Å². The molecule has 3 unspecified atom stereocenters. The van der Waals surface area contributed by atoms with Crippen molar-refractivity contribution in [1.29, 1.82) is 0 Å². The van der Waals surface area contributed by atoms with E-state index in [0.29, 0.717) is 19.3 Å². The Kier molecular flexibility index (Phi) is 45.1. The number of allylic oxidation sites excluding steroid dienone is 8. The number of ether oxygens (including phenoxy) is 1. The summed E-state index contributed by atoms with van der Waals surface area (Å²) in [5.74, 6) is -0.521. The van der Waals surface area contributed by atoms with Gasteiger partial charge in [-0.2, -0.15) is 0 Å². The molecule has 3 N–H and O–H groups in total. The summed E-state index contributed by atoms with van der Waals surface area (Å²) in [6.45, 7) is 6.39. The molecule has 0 aliphatic rings. The van der Waals surface area contributed by atoms with Crippen molar-refractivity contribution >= 4 is 11.9 Å². The zero-order chi connectivity index (χ0) is 43.1. The SMILES string of the molecule is CCC/C=C\CCCCCCCC(=O)OC(CCCC/C=C\C/C=C\C/C=C\CCCCC)CC(=O)NC(CO)C(O)CCCCCCCCCCCCCCCCC. The topological polar surface area (TPSA) is 95.9 Å². The van der Waals surface area contributed by atoms with Crippen molar-refractivity contribution in [3.8, 4) is 0 Å². The Morgan fingerprint density at radius 2 is 0.898 bits per heavy atom. The van der Waals surface area contributed by atoms with Gasteiger partial charge in [0.2, 0.25) is 5.91 Å². The number of hydrogen-bond donors (Lipinski definition) is 3. The van der Waals surface area contributed by atoms with E-state index in [1.165, 1.54) is 122 Å². The first kappa shape index (κ1) is 56.8. The van der Waals surface area contributed by atoms with Crippen molar-refractivity contribution in [2.45, 2.75) is 270 Å². The van der Waals surface area contributed by atoms with Crippen LogP contribution in [-0.4, -0.2) is 46.9 Å². The smallest absolute Gasteiger partial charge is 0.306 e. The molecule has 0 rings (SSSR count). The molecular weight excluding hydrogens is 731 g/mol. The molecule has 0 aromatic rings. The van der Waals surface area contributed by atoms with Crippen molar-refractivity contribution < 1.29 is 24.5 Å². The maximum Gasteiger partial charge on any atom is 0.306 e. The average molecular weight is 828 g/mol. The Morgan fingerprint density at radius 1 is 0.492 bits per heavy atom. The maximum atomic E-state index is 13.2. The monoisotopic (exact) mass is 828 g/mol. The largest absolute Gasteiger partial charge is 0.462 e. The van der Waals surface area contributed by atoms with Crippen molar-refractivity contribution in [2.75, 3.05) is 6.61 Å². The molecule has 1 amide bonds. The number of aliphatic hydroxyl groups is 2. The molecule has 0 aromatic heterocycles. The van der Waals surface area contributed by atoms with Crippen LogP contribution in [0.25, 0.3) is 0 Å². The van der Waals surface area contributed by atoms with Crippen LogP contribution in [0.3, 0.4) is 0 Å². The predicted octanol–water partition coefficient (Wildman–Crippen LogP) is 15.1. The quantitative estimate of drug-likeness (QED) is 0.0323. The zero-order valence-corrected chi connectivity index (χ0v) is 39.1. The Labute approximate surface area is 366 Å². The van der Waals surface area contributed by atoms with Crippen LogP contribution in [0.2, 0.25) is 0 Å². The number of hydrogen-bond acceptors (Lipinski definition) is 5. The number of aliphatic hydroxyl groups excluding tert-OH is 2. The normalized spacial score (nSPS) is 13.6. The number of nitrogens with one attached hydrogen (secondary N) is 1. The number of esters is 1. The van der Waals surface area contributed by atoms with Gasteiger partial charge in [-0.3, -0.25) is 9.59 Å². The highest BCUT2D eigenvalue weighted by molar-refractivity contribution is 5.77. The van der Waals surface area contributed by atoms with E-state index in [4.69, 9.17) is 4.74 Å². The van der Waals surface area contributed by atoms with Gasteiger partial charge < -0.3 is 20.3 Å². The van der Waals surface area contributed by atoms with Crippen LogP contribution >= 0.6 is 0 Å². The third-order valence-electron chi connectivity index (χ3n) is 11.4. The lowest BCUT2D eigenvalue weighted by Gasteiger charge is -2.24. The molecule has 6 nitrogen and oxygen atoms in total. The molecule has 0 aromatic carbocycles. The fourth-order valence-corrected chi connectivity index (χ4v) is 7.50. The number of unbranched alkanes of at least 4 members (excludes halogenated alkanes) is 25. The maximum absolute atomic E-state index is 13.2. The van der Waals surface area contributed by atoms with Gasteiger partial charge in [0.1, 0.15) is 6.10 Å². The first-order valence-corrected chi connectivity index (χ1v) is 25.4. The lowest BCUT2D eigenvalue weighted by molar-refractivity contribution is -0.151. The summed E-state index contributed by atoms with van der Waals surface area (Å²) in [6, 6.07) is -0.714. The molecule has 0 spiro atoms. The van der Waals surface area contributed by atoms with E-state index >= 15 is 0 Å². The third kappa shape index (κ3) is 42.3. The van der Waals surface area contributed by atoms with Gasteiger partial charge in [0, 0.05) is 6.42 Å². The van der Waals surface area contributed by atoms with Gasteiger partial charge >= 0.3 is 5.97 Å². The Morgan fingerprint density at radius 3 is 1.44 bits per heavy atom. The van der Waals surface area contributed by atoms with E-state index in [2.05, 4.69) is 74.7 Å². The van der Waals surface area contributed by atoms with Gasteiger partial charge in [-0.1, -0.05) is 204 Å². The van der Waals surface area contributed by atoms with Crippen molar-refractivity contribution in [3.05, 3.63) is 48.6 Å². The third-order valence-corrected chi connectivity index (χ3v) is 11.4. The van der Waals surface area contributed by atoms with Gasteiger partial charge in [-0.15, -0.1) is 0 Å². The lowest BCUT2D eigenvalue weighted by Crippen LogP contribution is -2.46. The van der Waals surface area contributed by atoms with E-state index in [0.717, 1.165) is 83.5 Å². The molecule has 59 heavy (non-hydrogen) atoms. The van der Waals surface area contributed by atoms with Crippen molar-refractivity contribution in [3.63, 3.8) is 0 Å². The Balaban J connectivity index is 4.60. The highest BCUT2D eigenvalue weighted by Crippen LogP contribution is 2.17. The highest BCUT2D eigenvalue weighted by Gasteiger charge is 2.24. The fraction of sp³-hybridized carbons (Fsp3) is 0.811. The summed E-state index contributed by atoms with van der Waals surface area (Å²) >= 11 is 0. The summed E-state index contributed by atoms with van der Waals surface area (Å²) < 4.78 is 5.89. The van der Waals surface area contributed by atoms with Crippen LogP contribution in [-0.2, 0) is 14.3 Å². The van der Waals surface area contributed by atoms with E-state index in [1.807, 2.05) is 0 Å². The first-order chi connectivity index (χ1) is 29.0. The Bertz CT molecular complexity index is 1020. The van der Waals surface area contributed by atoms with Gasteiger partial charge in [0.25, 0.3) is 0 Å². The van der Waals surface area contributed by atoms with Gasteiger partial charge in [-0.05, 0) is 83.5 Å². The van der Waals surface area contributed by atoms with Crippen LogP contribution in [0, 0.1) is 0 Å². The summed E-state index contributed by atoms with van der Waals surface area (Å²) in [4.78, 5) is 26.0. The molecule has 0 aliphatic heterocycles. The van der Waals surface area contributed by atoms with Crippen LogP contribution < -0.4 is 5.32 Å². The van der Waals surface area contributed by atoms with Crippen molar-refractivity contribution in [2.24, 2.45) is 0 Å². The fourth-order valence-electron chi connectivity index (χ4n) is 7.50. The van der Waals surface area contributed by atoms with E-state index in [1.54, 1.807) is 0 Å². The standard InChI is InChI=1S/C53H97NO5/c1-4-7-10-13-16-19-22-24-26-28-30-32-35-38-41-44-49(59-53(58)46-43-40-37-34-21-18-15-12-9-6-3)47-52(57)54-50(48-55)51(56)45-42-39-36-33-31-29-27-25-23-20-17-14-11-8-5-2/h12,15-16,19,24,26,30,32,49-51,55-56H,4-11,13-14,17-18,20-23,25,27-29,31,33-48H2,1-3H3,(H,54,57)/b15-12-,19-16-,26-24-,32-30-. The van der Waals surface area contributed by atoms with Crippen LogP contribution in [0.15, 0.2) is 48.6 Å². The van der Waals surface area contributed by atoms with Crippen LogP contribution in [0.1, 0.15) is 252 Å². The first-order valence-electron chi connectivity index (χ1n) is 25.4. The zero-order valence-electron chi connectivity index (χ0n) is 39.1. The minimum absolute atomic E-state index is 0.0488. The Hall–Kier alpha value is -2.18. The number of carbonyl (C=O) groups excluding carboxylic acids is 2. The second kappa shape index (κ2) is 46.9. The molecule has 0 saturated carbocycles. The molecule has 344 valence electrons. The number of amides is 1. The minimum atomic E-state index is -0.798.